The number of nitrogens with zero attached hydrogens (tertiary/aromatic N) is 4. The fourth-order valence-electron chi connectivity index (χ4n) is 4.40. The van der Waals surface area contributed by atoms with Crippen LogP contribution in [0, 0.1) is 0 Å². The maximum absolute atomic E-state index is 13.3. The van der Waals surface area contributed by atoms with Crippen molar-refractivity contribution in [3.63, 3.8) is 0 Å². The third kappa shape index (κ3) is 7.66. The molecule has 1 atom stereocenters. The number of phenolic OH excluding ortho intramolecular Hbond substituents is 2. The largest absolute Gasteiger partial charge is 0.504 e. The van der Waals surface area contributed by atoms with Crippen molar-refractivity contribution in [3.05, 3.63) is 44.6 Å². The predicted molar refractivity (Wildman–Crippen MR) is 168 cm³/mol. The lowest BCUT2D eigenvalue weighted by molar-refractivity contribution is -0.161. The van der Waals surface area contributed by atoms with Gasteiger partial charge in [-0.1, -0.05) is 28.1 Å². The molecule has 0 bridgehead atoms. The van der Waals surface area contributed by atoms with Crippen molar-refractivity contribution in [1.29, 1.82) is 0 Å². The van der Waals surface area contributed by atoms with Crippen molar-refractivity contribution in [3.8, 4) is 11.5 Å². The number of aromatic nitrogens is 1. The number of rotatable bonds is 14. The third-order valence-corrected chi connectivity index (χ3v) is 8.11. The molecule has 21 nitrogen and oxygen atoms in total. The molecule has 2 aliphatic heterocycles. The third-order valence-electron chi connectivity index (χ3n) is 7.02. The number of carbonyl (C=O) groups is 7. The minimum atomic E-state index is -1.94. The summed E-state index contributed by atoms with van der Waals surface area (Å²) in [6.07, 6.45) is 0. The van der Waals surface area contributed by atoms with Gasteiger partial charge in [0, 0.05) is 19.6 Å². The van der Waals surface area contributed by atoms with Gasteiger partial charge in [0.1, 0.15) is 21.8 Å². The van der Waals surface area contributed by atoms with Gasteiger partial charge < -0.3 is 52.2 Å². The molecule has 0 fully saturated rings. The van der Waals surface area contributed by atoms with E-state index >= 15 is 0 Å². The number of halogens is 1. The van der Waals surface area contributed by atoms with Gasteiger partial charge in [-0.05, 0) is 26.0 Å². The van der Waals surface area contributed by atoms with E-state index < -0.39 is 89.2 Å². The van der Waals surface area contributed by atoms with Gasteiger partial charge >= 0.3 is 17.9 Å². The molecule has 0 unspecified atom stereocenters. The van der Waals surface area contributed by atoms with Crippen LogP contribution in [0.3, 0.4) is 0 Å². The van der Waals surface area contributed by atoms with Crippen LogP contribution in [0.25, 0.3) is 0 Å². The molecule has 1 aromatic carbocycles. The number of carbonyl (C=O) groups excluding carboxylic acids is 4. The Morgan fingerprint density at radius 1 is 1.12 bits per heavy atom. The first kappa shape index (κ1) is 36.8. The van der Waals surface area contributed by atoms with Crippen LogP contribution < -0.4 is 21.8 Å². The molecule has 0 aliphatic carbocycles. The molecule has 50 heavy (non-hydrogen) atoms. The van der Waals surface area contributed by atoms with Crippen molar-refractivity contribution in [1.82, 2.24) is 31.0 Å². The Kier molecular flexibility index (Phi) is 10.5. The molecular weight excluding hydrogens is 712 g/mol. The van der Waals surface area contributed by atoms with Gasteiger partial charge in [0.25, 0.3) is 23.6 Å². The minimum absolute atomic E-state index is 0.110. The SMILES string of the molecule is CC(C)(O/N=C(\C(=O)N[C@@H](CN1CC(C(=O)NCCN2C(=O)c3cc(O)c(O)cc3C2=O)=C(C(=O)O)N1)C(=O)O)c1nc(N)sc1Cl)C(=O)O. The van der Waals surface area contributed by atoms with Gasteiger partial charge in [0.05, 0.1) is 23.2 Å². The molecule has 0 spiro atoms. The zero-order valence-corrected chi connectivity index (χ0v) is 27.3. The first-order chi connectivity index (χ1) is 23.3. The van der Waals surface area contributed by atoms with Crippen LogP contribution in [-0.2, 0) is 28.8 Å². The van der Waals surface area contributed by atoms with Gasteiger partial charge in [0.15, 0.2) is 22.3 Å². The zero-order valence-electron chi connectivity index (χ0n) is 25.7. The molecule has 10 N–H and O–H groups in total. The Balaban J connectivity index is 1.43. The number of carboxylic acid groups (broad SMARTS) is 3. The number of oxime groups is 1. The first-order valence-corrected chi connectivity index (χ1v) is 15.2. The zero-order chi connectivity index (χ0) is 37.2. The Hall–Kier alpha value is -6.00. The minimum Gasteiger partial charge on any atom is -0.504 e. The molecule has 266 valence electrons. The predicted octanol–water partition coefficient (Wildman–Crippen LogP) is -1.49. The highest BCUT2D eigenvalue weighted by Crippen LogP contribution is 2.33. The van der Waals surface area contributed by atoms with Crippen LogP contribution in [0.5, 0.6) is 11.5 Å². The summed E-state index contributed by atoms with van der Waals surface area (Å²) in [4.78, 5) is 96.7. The van der Waals surface area contributed by atoms with Crippen LogP contribution in [0.1, 0.15) is 40.3 Å². The van der Waals surface area contributed by atoms with Crippen molar-refractivity contribution in [2.75, 3.05) is 31.9 Å². The Labute approximate surface area is 288 Å². The lowest BCUT2D eigenvalue weighted by Gasteiger charge is -2.23. The van der Waals surface area contributed by atoms with Crippen LogP contribution in [0.15, 0.2) is 28.6 Å². The summed E-state index contributed by atoms with van der Waals surface area (Å²) in [6, 6.07) is 0.0301. The normalized spacial score (nSPS) is 15.4. The summed E-state index contributed by atoms with van der Waals surface area (Å²) in [5.41, 5.74) is 3.66. The summed E-state index contributed by atoms with van der Waals surface area (Å²) in [7, 11) is 0. The number of aromatic hydroxyl groups is 2. The van der Waals surface area contributed by atoms with Gasteiger partial charge in [-0.15, -0.1) is 0 Å². The highest BCUT2D eigenvalue weighted by Gasteiger charge is 2.38. The van der Waals surface area contributed by atoms with Crippen LogP contribution in [0.4, 0.5) is 5.13 Å². The number of nitrogens with one attached hydrogen (secondary N) is 3. The molecule has 23 heteroatoms. The van der Waals surface area contributed by atoms with E-state index in [1.165, 1.54) is 0 Å². The smallest absolute Gasteiger partial charge is 0.353 e. The summed E-state index contributed by atoms with van der Waals surface area (Å²) in [5, 5.41) is 57.2. The Morgan fingerprint density at radius 2 is 1.72 bits per heavy atom. The number of hydrogen-bond acceptors (Lipinski definition) is 16. The standard InChI is InChI=1S/C27H27ClN8O13S/c1-27(2,25(47)48)49-34-17(16-18(28)50-26(29)32-16)20(40)31-12(23(43)44)8-35-7-11(15(33-35)24(45)46)19(39)30-3-4-36-21(41)9-5-13(37)14(38)6-10(9)22(36)42/h5-6,12,33,37-38H,3-4,7-8H2,1-2H3,(H2,29,32)(H,30,39)(H,31,40)(H,43,44)(H,45,46)(H,47,48)/b34-17-/t12-/m0/s1. The molecule has 0 radical (unpaired) electrons. The number of nitrogen functional groups attached to an aromatic ring is 1. The van der Waals surface area contributed by atoms with E-state index in [2.05, 4.69) is 26.2 Å². The number of hydrazine groups is 1. The maximum atomic E-state index is 13.3. The molecule has 4 rings (SSSR count). The van der Waals surface area contributed by atoms with Crippen LogP contribution in [0.2, 0.25) is 4.34 Å². The Bertz CT molecular complexity index is 1850. The Morgan fingerprint density at radius 3 is 2.22 bits per heavy atom. The monoisotopic (exact) mass is 738 g/mol. The van der Waals surface area contributed by atoms with E-state index in [1.54, 1.807) is 0 Å². The molecular formula is C27H27ClN8O13S. The van der Waals surface area contributed by atoms with Crippen LogP contribution >= 0.6 is 22.9 Å². The number of anilines is 1. The number of aliphatic carboxylic acids is 3. The van der Waals surface area contributed by atoms with Crippen LogP contribution in [-0.4, -0.2) is 125 Å². The fraction of sp³-hybridized carbons (Fsp3) is 0.296. The number of hydrogen-bond donors (Lipinski definition) is 9. The van der Waals surface area contributed by atoms with Gasteiger partial charge in [-0.3, -0.25) is 24.1 Å². The average molecular weight is 739 g/mol. The maximum Gasteiger partial charge on any atom is 0.353 e. The number of amides is 4. The van der Waals surface area contributed by atoms with E-state index in [9.17, 15) is 59.1 Å². The summed E-state index contributed by atoms with van der Waals surface area (Å²) < 4.78 is -0.159. The lowest BCUT2D eigenvalue weighted by atomic mass is 10.1. The number of phenols is 2. The highest BCUT2D eigenvalue weighted by atomic mass is 35.5. The number of carboxylic acids is 3. The second kappa shape index (κ2) is 14.2. The number of nitrogens with two attached hydrogens (primary N) is 1. The lowest BCUT2D eigenvalue weighted by Crippen LogP contribution is -2.52. The molecule has 2 aromatic rings. The van der Waals surface area contributed by atoms with Crippen molar-refractivity contribution in [2.45, 2.75) is 25.5 Å². The summed E-state index contributed by atoms with van der Waals surface area (Å²) in [6.45, 7) is 0.378. The fourth-order valence-corrected chi connectivity index (χ4v) is 5.33. The summed E-state index contributed by atoms with van der Waals surface area (Å²) in [5.74, 6) is -9.72. The number of benzene rings is 1. The van der Waals surface area contributed by atoms with Gasteiger partial charge in [0.2, 0.25) is 5.60 Å². The van der Waals surface area contributed by atoms with Gasteiger partial charge in [-0.2, -0.15) is 0 Å². The molecule has 4 amide bonds. The number of imide groups is 1. The first-order valence-electron chi connectivity index (χ1n) is 14.0. The van der Waals surface area contributed by atoms with E-state index in [4.69, 9.17) is 22.2 Å². The number of thiazole rings is 1. The molecule has 2 aliphatic rings. The van der Waals surface area contributed by atoms with E-state index in [0.717, 1.165) is 47.2 Å². The van der Waals surface area contributed by atoms with Crippen molar-refractivity contribution in [2.24, 2.45) is 5.16 Å². The van der Waals surface area contributed by atoms with E-state index in [-0.39, 0.29) is 45.0 Å². The van der Waals surface area contributed by atoms with Crippen molar-refractivity contribution < 1.29 is 63.9 Å². The van der Waals surface area contributed by atoms with Gasteiger partial charge in [-0.25, -0.2) is 24.4 Å². The molecule has 0 saturated carbocycles. The quantitative estimate of drug-likeness (QED) is 0.0461. The highest BCUT2D eigenvalue weighted by molar-refractivity contribution is 7.19. The summed E-state index contributed by atoms with van der Waals surface area (Å²) >= 11 is 6.83. The average Bonchev–Trinajstić information content (AvgIpc) is 3.67. The molecule has 3 heterocycles. The second-order valence-electron chi connectivity index (χ2n) is 10.9. The number of fused-ring (bicyclic) bond motifs is 1. The van der Waals surface area contributed by atoms with E-state index in [1.807, 2.05) is 0 Å². The topological polar surface area (TPSA) is 324 Å². The van der Waals surface area contributed by atoms with E-state index in [0.29, 0.717) is 0 Å². The second-order valence-corrected chi connectivity index (χ2v) is 12.6. The molecule has 0 saturated heterocycles. The van der Waals surface area contributed by atoms with Crippen molar-refractivity contribution >= 4 is 75.3 Å². The molecule has 1 aromatic heterocycles.